The second-order valence-corrected chi connectivity index (χ2v) is 3.12. The molecular weight excluding hydrogens is 164 g/mol. The molecule has 68 valence electrons. The monoisotopic (exact) mass is 176 g/mol. The van der Waals surface area contributed by atoms with Gasteiger partial charge in [0.15, 0.2) is 5.82 Å². The van der Waals surface area contributed by atoms with Crippen molar-refractivity contribution >= 4 is 5.82 Å². The summed E-state index contributed by atoms with van der Waals surface area (Å²) in [5.74, 6) is 0.630. The van der Waals surface area contributed by atoms with Crippen molar-refractivity contribution in [2.45, 2.75) is 13.8 Å². The molecule has 0 bridgehead atoms. The van der Waals surface area contributed by atoms with E-state index >= 15 is 0 Å². The summed E-state index contributed by atoms with van der Waals surface area (Å²) in [6.45, 7) is 3.73. The largest absolute Gasteiger partial charge is 0.360 e. The lowest BCUT2D eigenvalue weighted by Crippen LogP contribution is -2.14. The van der Waals surface area contributed by atoms with E-state index in [1.165, 1.54) is 0 Å². The molecule has 0 saturated carbocycles. The number of hydrogen-bond donors (Lipinski definition) is 0. The zero-order chi connectivity index (χ0) is 10.0. The minimum atomic E-state index is 0.609. The average molecular weight is 176 g/mol. The van der Waals surface area contributed by atoms with Gasteiger partial charge in [-0.3, -0.25) is 0 Å². The highest BCUT2D eigenvalue weighted by atomic mass is 15.2. The molecule has 1 aromatic rings. The van der Waals surface area contributed by atoms with Crippen LogP contribution in [0.3, 0.4) is 0 Å². The Morgan fingerprint density at radius 2 is 1.85 bits per heavy atom. The lowest BCUT2D eigenvalue weighted by molar-refractivity contribution is 0.914. The van der Waals surface area contributed by atoms with E-state index in [1.807, 2.05) is 27.9 Å². The Kier molecular flexibility index (Phi) is 2.47. The molecule has 0 aliphatic heterocycles. The number of aromatic nitrogens is 2. The molecule has 0 aliphatic rings. The third-order valence-corrected chi connectivity index (χ3v) is 1.97. The molecule has 0 fully saturated rings. The minimum Gasteiger partial charge on any atom is -0.360 e. The van der Waals surface area contributed by atoms with Crippen LogP contribution in [0.15, 0.2) is 0 Å². The van der Waals surface area contributed by atoms with Crippen LogP contribution < -0.4 is 4.90 Å². The van der Waals surface area contributed by atoms with Gasteiger partial charge in [0.25, 0.3) is 0 Å². The van der Waals surface area contributed by atoms with E-state index in [2.05, 4.69) is 16.3 Å². The summed E-state index contributed by atoms with van der Waals surface area (Å²) in [5.41, 5.74) is 2.32. The first-order valence-corrected chi connectivity index (χ1v) is 3.99. The van der Waals surface area contributed by atoms with Gasteiger partial charge in [0.2, 0.25) is 0 Å². The zero-order valence-corrected chi connectivity index (χ0v) is 8.29. The van der Waals surface area contributed by atoms with Gasteiger partial charge in [-0.2, -0.15) is 10.4 Å². The van der Waals surface area contributed by atoms with Gasteiger partial charge in [0.05, 0.1) is 5.69 Å². The highest BCUT2D eigenvalue weighted by Gasteiger charge is 2.11. The minimum absolute atomic E-state index is 0.609. The van der Waals surface area contributed by atoms with Gasteiger partial charge < -0.3 is 4.90 Å². The summed E-state index contributed by atoms with van der Waals surface area (Å²) in [6, 6.07) is 2.14. The quantitative estimate of drug-likeness (QED) is 0.641. The maximum atomic E-state index is 8.93. The van der Waals surface area contributed by atoms with Crippen molar-refractivity contribution in [2.75, 3.05) is 19.0 Å². The highest BCUT2D eigenvalue weighted by Crippen LogP contribution is 2.18. The number of hydrogen-bond acceptors (Lipinski definition) is 4. The molecule has 0 saturated heterocycles. The lowest BCUT2D eigenvalue weighted by atomic mass is 10.1. The van der Waals surface area contributed by atoms with Crippen molar-refractivity contribution in [2.24, 2.45) is 0 Å². The lowest BCUT2D eigenvalue weighted by Gasteiger charge is -2.13. The van der Waals surface area contributed by atoms with Gasteiger partial charge in [0.1, 0.15) is 11.6 Å². The molecule has 1 heterocycles. The van der Waals surface area contributed by atoms with Gasteiger partial charge in [0, 0.05) is 14.1 Å². The Morgan fingerprint density at radius 1 is 1.23 bits per heavy atom. The van der Waals surface area contributed by atoms with Crippen LogP contribution in [0.1, 0.15) is 16.8 Å². The van der Waals surface area contributed by atoms with Crippen molar-refractivity contribution in [3.8, 4) is 6.07 Å². The van der Waals surface area contributed by atoms with E-state index in [-0.39, 0.29) is 0 Å². The van der Waals surface area contributed by atoms with Gasteiger partial charge in [-0.05, 0) is 19.4 Å². The van der Waals surface area contributed by atoms with Crippen LogP contribution in [-0.4, -0.2) is 24.3 Å². The molecule has 13 heavy (non-hydrogen) atoms. The van der Waals surface area contributed by atoms with E-state index in [0.29, 0.717) is 11.4 Å². The summed E-state index contributed by atoms with van der Waals surface area (Å²) < 4.78 is 0. The van der Waals surface area contributed by atoms with Crippen LogP contribution in [-0.2, 0) is 0 Å². The fraction of sp³-hybridized carbons (Fsp3) is 0.444. The predicted octanol–water partition coefficient (Wildman–Crippen LogP) is 1.03. The van der Waals surface area contributed by atoms with Gasteiger partial charge in [-0.15, -0.1) is 5.10 Å². The molecule has 0 spiro atoms. The third-order valence-electron chi connectivity index (χ3n) is 1.97. The van der Waals surface area contributed by atoms with E-state index < -0.39 is 0 Å². The van der Waals surface area contributed by atoms with Crippen molar-refractivity contribution in [1.82, 2.24) is 10.2 Å². The molecule has 0 unspecified atom stereocenters. The van der Waals surface area contributed by atoms with Crippen LogP contribution in [0, 0.1) is 25.2 Å². The van der Waals surface area contributed by atoms with E-state index in [1.54, 1.807) is 4.90 Å². The van der Waals surface area contributed by atoms with E-state index in [9.17, 15) is 0 Å². The van der Waals surface area contributed by atoms with Crippen molar-refractivity contribution < 1.29 is 0 Å². The van der Waals surface area contributed by atoms with Crippen molar-refractivity contribution in [3.63, 3.8) is 0 Å². The molecule has 0 amide bonds. The molecule has 0 atom stereocenters. The molecule has 0 aliphatic carbocycles. The zero-order valence-electron chi connectivity index (χ0n) is 8.29. The molecule has 0 aromatic carbocycles. The number of nitrogens with zero attached hydrogens (tertiary/aromatic N) is 4. The average Bonchev–Trinajstić information content (AvgIpc) is 2.09. The van der Waals surface area contributed by atoms with Crippen molar-refractivity contribution in [1.29, 1.82) is 5.26 Å². The Labute approximate surface area is 77.8 Å². The first-order valence-electron chi connectivity index (χ1n) is 3.99. The molecule has 0 radical (unpaired) electrons. The van der Waals surface area contributed by atoms with Gasteiger partial charge in [-0.1, -0.05) is 0 Å². The van der Waals surface area contributed by atoms with E-state index in [0.717, 1.165) is 11.3 Å². The summed E-state index contributed by atoms with van der Waals surface area (Å²) in [4.78, 5) is 1.79. The van der Waals surface area contributed by atoms with Gasteiger partial charge >= 0.3 is 0 Å². The van der Waals surface area contributed by atoms with Crippen LogP contribution >= 0.6 is 0 Å². The SMILES string of the molecule is Cc1nnc(N(C)C)c(C#N)c1C. The molecule has 4 nitrogen and oxygen atoms in total. The Morgan fingerprint density at radius 3 is 2.31 bits per heavy atom. The maximum absolute atomic E-state index is 8.93. The first-order chi connectivity index (χ1) is 6.07. The number of anilines is 1. The summed E-state index contributed by atoms with van der Waals surface area (Å²) in [5, 5.41) is 16.9. The predicted molar refractivity (Wildman–Crippen MR) is 50.5 cm³/mol. The van der Waals surface area contributed by atoms with Crippen LogP contribution in [0.4, 0.5) is 5.82 Å². The number of rotatable bonds is 1. The second kappa shape index (κ2) is 3.40. The Bertz CT molecular complexity index is 363. The Balaban J connectivity index is 3.41. The fourth-order valence-electron chi connectivity index (χ4n) is 1.04. The number of nitriles is 1. The molecular formula is C9H12N4. The molecule has 1 aromatic heterocycles. The summed E-state index contributed by atoms with van der Waals surface area (Å²) >= 11 is 0. The second-order valence-electron chi connectivity index (χ2n) is 3.12. The Hall–Kier alpha value is -1.63. The topological polar surface area (TPSA) is 52.8 Å². The molecule has 1 rings (SSSR count). The van der Waals surface area contributed by atoms with Crippen molar-refractivity contribution in [3.05, 3.63) is 16.8 Å². The highest BCUT2D eigenvalue weighted by molar-refractivity contribution is 5.56. The van der Waals surface area contributed by atoms with Crippen LogP contribution in [0.25, 0.3) is 0 Å². The summed E-state index contributed by atoms with van der Waals surface area (Å²) in [6.07, 6.45) is 0. The van der Waals surface area contributed by atoms with Gasteiger partial charge in [-0.25, -0.2) is 0 Å². The smallest absolute Gasteiger partial charge is 0.169 e. The third kappa shape index (κ3) is 1.59. The normalized spacial score (nSPS) is 9.46. The fourth-order valence-corrected chi connectivity index (χ4v) is 1.04. The molecule has 4 heteroatoms. The standard InChI is InChI=1S/C9H12N4/c1-6-7(2)11-12-9(13(3)4)8(6)5-10/h1-4H3. The van der Waals surface area contributed by atoms with Crippen LogP contribution in [0.5, 0.6) is 0 Å². The molecule has 0 N–H and O–H groups in total. The first kappa shape index (κ1) is 9.46. The summed E-state index contributed by atoms with van der Waals surface area (Å²) in [7, 11) is 3.69. The van der Waals surface area contributed by atoms with Crippen LogP contribution in [0.2, 0.25) is 0 Å². The maximum Gasteiger partial charge on any atom is 0.169 e. The number of aryl methyl sites for hydroxylation is 1. The van der Waals surface area contributed by atoms with E-state index in [4.69, 9.17) is 5.26 Å².